The molecule has 4 nitrogen and oxygen atoms in total. The lowest BCUT2D eigenvalue weighted by molar-refractivity contribution is 0.252. The normalized spacial score (nSPS) is 14.7. The van der Waals surface area contributed by atoms with E-state index >= 15 is 0 Å². The molecule has 1 aromatic carbocycles. The molecule has 0 aromatic heterocycles. The molecular weight excluding hydrogens is 262 g/mol. The number of rotatable bonds is 4. The molecule has 0 bridgehead atoms. The van der Waals surface area contributed by atoms with Gasteiger partial charge in [-0.25, -0.2) is 4.79 Å². The van der Waals surface area contributed by atoms with Crippen molar-refractivity contribution >= 4 is 23.3 Å². The van der Waals surface area contributed by atoms with Crippen LogP contribution in [0.2, 0.25) is 5.02 Å². The molecule has 102 valence electrons. The summed E-state index contributed by atoms with van der Waals surface area (Å²) in [7, 11) is 0. The van der Waals surface area contributed by atoms with Gasteiger partial charge in [0.1, 0.15) is 0 Å². The lowest BCUT2D eigenvalue weighted by atomic mass is 10.1. The smallest absolute Gasteiger partial charge is 0.319 e. The summed E-state index contributed by atoms with van der Waals surface area (Å²) >= 11 is 5.78. The van der Waals surface area contributed by atoms with Crippen LogP contribution in [0.1, 0.15) is 12.8 Å². The van der Waals surface area contributed by atoms with Crippen LogP contribution in [0.4, 0.5) is 10.5 Å². The second-order valence-electron chi connectivity index (χ2n) is 4.45. The van der Waals surface area contributed by atoms with E-state index in [9.17, 15) is 4.79 Å². The number of carbonyl (C=O) groups excluding carboxylic acids is 1. The lowest BCUT2D eigenvalue weighted by Crippen LogP contribution is -2.30. The van der Waals surface area contributed by atoms with E-state index in [0.29, 0.717) is 11.6 Å². The number of urea groups is 1. The van der Waals surface area contributed by atoms with E-state index in [1.807, 2.05) is 0 Å². The highest BCUT2D eigenvalue weighted by Crippen LogP contribution is 2.13. The van der Waals surface area contributed by atoms with E-state index in [2.05, 4.69) is 22.0 Å². The Bertz CT molecular complexity index is 456. The van der Waals surface area contributed by atoms with Gasteiger partial charge in [0.2, 0.25) is 0 Å². The molecule has 1 heterocycles. The summed E-state index contributed by atoms with van der Waals surface area (Å²) in [5.41, 5.74) is 2.15. The number of nitrogens with one attached hydrogen (secondary N) is 3. The predicted molar refractivity (Wildman–Crippen MR) is 78.7 cm³/mol. The highest BCUT2D eigenvalue weighted by Gasteiger charge is 2.04. The molecule has 19 heavy (non-hydrogen) atoms. The zero-order chi connectivity index (χ0) is 13.5. The quantitative estimate of drug-likeness (QED) is 0.743. The van der Waals surface area contributed by atoms with Crippen molar-refractivity contribution in [2.45, 2.75) is 12.8 Å². The fourth-order valence-corrected chi connectivity index (χ4v) is 2.07. The van der Waals surface area contributed by atoms with Crippen LogP contribution in [0, 0.1) is 0 Å². The molecule has 1 aliphatic rings. The van der Waals surface area contributed by atoms with Crippen LogP contribution in [0.5, 0.6) is 0 Å². The highest BCUT2D eigenvalue weighted by molar-refractivity contribution is 6.30. The maximum atomic E-state index is 11.7. The largest absolute Gasteiger partial charge is 0.338 e. The molecule has 0 aliphatic carbocycles. The predicted octanol–water partition coefficient (Wildman–Crippen LogP) is 2.77. The summed E-state index contributed by atoms with van der Waals surface area (Å²) < 4.78 is 0. The van der Waals surface area contributed by atoms with Gasteiger partial charge in [-0.2, -0.15) is 0 Å². The van der Waals surface area contributed by atoms with Crippen molar-refractivity contribution < 1.29 is 4.79 Å². The topological polar surface area (TPSA) is 53.2 Å². The maximum absolute atomic E-state index is 11.7. The molecule has 0 saturated carbocycles. The highest BCUT2D eigenvalue weighted by atomic mass is 35.5. The number of carbonyl (C=O) groups is 1. The Hall–Kier alpha value is -1.52. The van der Waals surface area contributed by atoms with E-state index in [1.54, 1.807) is 24.3 Å². The number of benzene rings is 1. The van der Waals surface area contributed by atoms with E-state index in [0.717, 1.165) is 31.6 Å². The first-order valence-electron chi connectivity index (χ1n) is 6.43. The van der Waals surface area contributed by atoms with Gasteiger partial charge in [0.05, 0.1) is 0 Å². The minimum Gasteiger partial charge on any atom is -0.338 e. The van der Waals surface area contributed by atoms with Crippen LogP contribution < -0.4 is 16.0 Å². The number of halogens is 1. The SMILES string of the molecule is O=C(NCCC1=CCNCC1)Nc1ccc(Cl)cc1. The van der Waals surface area contributed by atoms with Gasteiger partial charge >= 0.3 is 6.03 Å². The fraction of sp³-hybridized carbons (Fsp3) is 0.357. The summed E-state index contributed by atoms with van der Waals surface area (Å²) in [6, 6.07) is 6.86. The van der Waals surface area contributed by atoms with Gasteiger partial charge in [-0.3, -0.25) is 0 Å². The van der Waals surface area contributed by atoms with E-state index in [4.69, 9.17) is 11.6 Å². The van der Waals surface area contributed by atoms with Crippen LogP contribution in [0.15, 0.2) is 35.9 Å². The molecule has 0 unspecified atom stereocenters. The van der Waals surface area contributed by atoms with Gasteiger partial charge in [0.15, 0.2) is 0 Å². The third-order valence-electron chi connectivity index (χ3n) is 2.99. The van der Waals surface area contributed by atoms with Gasteiger partial charge in [0.25, 0.3) is 0 Å². The Morgan fingerprint density at radius 3 is 2.79 bits per heavy atom. The molecule has 1 aromatic rings. The van der Waals surface area contributed by atoms with Gasteiger partial charge in [-0.1, -0.05) is 23.3 Å². The molecule has 0 fully saturated rings. The first kappa shape index (κ1) is 13.9. The van der Waals surface area contributed by atoms with Crippen molar-refractivity contribution in [3.05, 3.63) is 40.9 Å². The molecule has 5 heteroatoms. The number of hydrogen-bond acceptors (Lipinski definition) is 2. The second-order valence-corrected chi connectivity index (χ2v) is 4.89. The summed E-state index contributed by atoms with van der Waals surface area (Å²) in [5.74, 6) is 0. The average Bonchev–Trinajstić information content (AvgIpc) is 2.43. The summed E-state index contributed by atoms with van der Waals surface area (Å²) in [6.45, 7) is 2.63. The van der Waals surface area contributed by atoms with Crippen LogP contribution in [0.3, 0.4) is 0 Å². The van der Waals surface area contributed by atoms with E-state index < -0.39 is 0 Å². The van der Waals surface area contributed by atoms with Gasteiger partial charge in [0, 0.05) is 23.8 Å². The third-order valence-corrected chi connectivity index (χ3v) is 3.24. The maximum Gasteiger partial charge on any atom is 0.319 e. The fourth-order valence-electron chi connectivity index (χ4n) is 1.94. The summed E-state index contributed by atoms with van der Waals surface area (Å²) in [5, 5.41) is 9.54. The average molecular weight is 280 g/mol. The van der Waals surface area contributed by atoms with Crippen molar-refractivity contribution in [3.63, 3.8) is 0 Å². The Balaban J connectivity index is 1.69. The van der Waals surface area contributed by atoms with E-state index in [1.165, 1.54) is 5.57 Å². The molecule has 0 atom stereocenters. The summed E-state index contributed by atoms with van der Waals surface area (Å²) in [4.78, 5) is 11.7. The van der Waals surface area contributed by atoms with Gasteiger partial charge in [-0.15, -0.1) is 0 Å². The Labute approximate surface area is 118 Å². The molecule has 2 rings (SSSR count). The van der Waals surface area contributed by atoms with Crippen LogP contribution in [0.25, 0.3) is 0 Å². The van der Waals surface area contributed by atoms with Gasteiger partial charge in [-0.05, 0) is 43.7 Å². The molecule has 0 saturated heterocycles. The van der Waals surface area contributed by atoms with Crippen molar-refractivity contribution in [2.24, 2.45) is 0 Å². The van der Waals surface area contributed by atoms with E-state index in [-0.39, 0.29) is 6.03 Å². The molecule has 2 amide bonds. The number of amides is 2. The first-order valence-corrected chi connectivity index (χ1v) is 6.81. The second kappa shape index (κ2) is 7.16. The molecule has 3 N–H and O–H groups in total. The van der Waals surface area contributed by atoms with Crippen molar-refractivity contribution in [1.29, 1.82) is 0 Å². The Kier molecular flexibility index (Phi) is 5.24. The number of hydrogen-bond donors (Lipinski definition) is 3. The standard InChI is InChI=1S/C14H18ClN3O/c15-12-1-3-13(4-2-12)18-14(19)17-10-7-11-5-8-16-9-6-11/h1-5,16H,6-10H2,(H2,17,18,19). The molecule has 0 spiro atoms. The Morgan fingerprint density at radius 2 is 2.11 bits per heavy atom. The molecule has 1 aliphatic heterocycles. The van der Waals surface area contributed by atoms with Crippen LogP contribution in [-0.4, -0.2) is 25.7 Å². The van der Waals surface area contributed by atoms with Crippen molar-refractivity contribution in [2.75, 3.05) is 25.0 Å². The summed E-state index contributed by atoms with van der Waals surface area (Å²) in [6.07, 6.45) is 4.18. The van der Waals surface area contributed by atoms with Crippen LogP contribution in [-0.2, 0) is 0 Å². The minimum absolute atomic E-state index is 0.183. The number of anilines is 1. The minimum atomic E-state index is -0.183. The zero-order valence-electron chi connectivity index (χ0n) is 10.7. The lowest BCUT2D eigenvalue weighted by Gasteiger charge is -2.14. The van der Waals surface area contributed by atoms with Crippen molar-refractivity contribution in [3.8, 4) is 0 Å². The Morgan fingerprint density at radius 1 is 1.32 bits per heavy atom. The van der Waals surface area contributed by atoms with Crippen molar-refractivity contribution in [1.82, 2.24) is 10.6 Å². The third kappa shape index (κ3) is 4.93. The monoisotopic (exact) mass is 279 g/mol. The molecular formula is C14H18ClN3O. The molecule has 0 radical (unpaired) electrons. The van der Waals surface area contributed by atoms with Crippen LogP contribution >= 0.6 is 11.6 Å². The van der Waals surface area contributed by atoms with Gasteiger partial charge < -0.3 is 16.0 Å². The first-order chi connectivity index (χ1) is 9.24. The zero-order valence-corrected chi connectivity index (χ0v) is 11.5.